The minimum atomic E-state index is -1.74. The van der Waals surface area contributed by atoms with Crippen molar-refractivity contribution in [2.24, 2.45) is 5.41 Å². The highest BCUT2D eigenvalue weighted by Crippen LogP contribution is 2.52. The van der Waals surface area contributed by atoms with Gasteiger partial charge in [0.25, 0.3) is 0 Å². The van der Waals surface area contributed by atoms with Crippen LogP contribution in [0.2, 0.25) is 10.0 Å². The highest BCUT2D eigenvalue weighted by molar-refractivity contribution is 6.31. The van der Waals surface area contributed by atoms with Crippen molar-refractivity contribution >= 4 is 34.9 Å². The van der Waals surface area contributed by atoms with Gasteiger partial charge in [-0.1, -0.05) is 62.2 Å². The van der Waals surface area contributed by atoms with Gasteiger partial charge in [0.05, 0.1) is 29.3 Å². The molecular weight excluding hydrogens is 559 g/mol. The Morgan fingerprint density at radius 3 is 2.38 bits per heavy atom. The Morgan fingerprint density at radius 1 is 1.12 bits per heavy atom. The summed E-state index contributed by atoms with van der Waals surface area (Å²) >= 11 is 12.2. The van der Waals surface area contributed by atoms with Crippen LogP contribution in [0.5, 0.6) is 0 Å². The predicted octanol–water partition coefficient (Wildman–Crippen LogP) is 6.09. The van der Waals surface area contributed by atoms with Gasteiger partial charge < -0.3 is 15.4 Å². The first-order valence-corrected chi connectivity index (χ1v) is 13.8. The number of nitriles is 1. The molecule has 1 amide bonds. The molecule has 216 valence electrons. The molecule has 2 N–H and O–H groups in total. The number of hydrogen-bond acceptors (Lipinski definition) is 5. The van der Waals surface area contributed by atoms with Gasteiger partial charge in [-0.15, -0.1) is 0 Å². The second-order valence-electron chi connectivity index (χ2n) is 12.3. The first kappa shape index (κ1) is 32.0. The number of hydrogen-bond donors (Lipinski definition) is 2. The molecule has 3 rings (SSSR count). The highest BCUT2D eigenvalue weighted by atomic mass is 35.5. The molecule has 1 fully saturated rings. The van der Waals surface area contributed by atoms with Gasteiger partial charge in [0, 0.05) is 22.5 Å². The maximum absolute atomic E-state index is 15.7. The van der Waals surface area contributed by atoms with Crippen molar-refractivity contribution in [3.05, 3.63) is 69.2 Å². The molecule has 4 unspecified atom stereocenters. The first-order valence-electron chi connectivity index (χ1n) is 13.0. The maximum Gasteiger partial charge on any atom is 0.238 e. The number of halogens is 4. The lowest BCUT2D eigenvalue weighted by atomic mass is 9.62. The summed E-state index contributed by atoms with van der Waals surface area (Å²) in [5.41, 5.74) is -2.69. The molecule has 1 aliphatic heterocycles. The van der Waals surface area contributed by atoms with E-state index in [0.29, 0.717) is 6.42 Å². The van der Waals surface area contributed by atoms with Gasteiger partial charge >= 0.3 is 0 Å². The number of carbonyl (C=O) groups is 2. The Bertz CT molecular complexity index is 1320. The average molecular weight is 595 g/mol. The quantitative estimate of drug-likeness (QED) is 0.386. The maximum atomic E-state index is 15.7. The molecule has 1 saturated heterocycles. The molecule has 0 saturated carbocycles. The fraction of sp³-hybridized carbons (Fsp3) is 0.500. The van der Waals surface area contributed by atoms with E-state index in [1.54, 1.807) is 20.8 Å². The molecule has 6 nitrogen and oxygen atoms in total. The van der Waals surface area contributed by atoms with Gasteiger partial charge in [-0.05, 0) is 56.4 Å². The highest BCUT2D eigenvalue weighted by Gasteiger charge is 2.61. The minimum absolute atomic E-state index is 0.0181. The second-order valence-corrected chi connectivity index (χ2v) is 13.2. The van der Waals surface area contributed by atoms with E-state index in [9.17, 15) is 14.9 Å². The summed E-state index contributed by atoms with van der Waals surface area (Å²) < 4.78 is 36.8. The van der Waals surface area contributed by atoms with Crippen LogP contribution in [0, 0.1) is 28.4 Å². The second kappa shape index (κ2) is 12.1. The van der Waals surface area contributed by atoms with Crippen molar-refractivity contribution in [2.45, 2.75) is 77.0 Å². The lowest BCUT2D eigenvalue weighted by Gasteiger charge is -2.37. The van der Waals surface area contributed by atoms with Crippen molar-refractivity contribution in [1.82, 2.24) is 10.6 Å². The predicted molar refractivity (Wildman–Crippen MR) is 151 cm³/mol. The van der Waals surface area contributed by atoms with E-state index in [2.05, 4.69) is 16.7 Å². The summed E-state index contributed by atoms with van der Waals surface area (Å²) in [6.45, 7) is 10.7. The van der Waals surface area contributed by atoms with E-state index in [1.165, 1.54) is 30.3 Å². The van der Waals surface area contributed by atoms with Crippen LogP contribution < -0.4 is 10.6 Å². The number of nitrogens with one attached hydrogen (secondary N) is 2. The van der Waals surface area contributed by atoms with Crippen molar-refractivity contribution in [1.29, 1.82) is 5.26 Å². The summed E-state index contributed by atoms with van der Waals surface area (Å²) in [5, 5.41) is 16.6. The van der Waals surface area contributed by atoms with Gasteiger partial charge in [0.1, 0.15) is 23.7 Å². The van der Waals surface area contributed by atoms with E-state index in [1.807, 2.05) is 20.8 Å². The van der Waals surface area contributed by atoms with Gasteiger partial charge in [-0.3, -0.25) is 9.59 Å². The summed E-state index contributed by atoms with van der Waals surface area (Å²) in [4.78, 5) is 26.1. The van der Waals surface area contributed by atoms with E-state index in [0.717, 1.165) is 6.07 Å². The monoisotopic (exact) mass is 593 g/mol. The molecule has 0 bridgehead atoms. The zero-order valence-electron chi connectivity index (χ0n) is 23.5. The lowest BCUT2D eigenvalue weighted by Crippen LogP contribution is -2.47. The topological polar surface area (TPSA) is 91.2 Å². The van der Waals surface area contributed by atoms with E-state index in [4.69, 9.17) is 27.9 Å². The third kappa shape index (κ3) is 7.01. The Hall–Kier alpha value is -2.57. The van der Waals surface area contributed by atoms with Gasteiger partial charge in [-0.2, -0.15) is 5.26 Å². The Morgan fingerprint density at radius 2 is 1.80 bits per heavy atom. The minimum Gasteiger partial charge on any atom is -0.368 e. The molecule has 2 aromatic carbocycles. The fourth-order valence-electron chi connectivity index (χ4n) is 5.20. The van der Waals surface area contributed by atoms with Crippen LogP contribution in [0.25, 0.3) is 0 Å². The molecule has 1 heterocycles. The van der Waals surface area contributed by atoms with Crippen LogP contribution in [0.15, 0.2) is 36.4 Å². The van der Waals surface area contributed by atoms with E-state index >= 15 is 8.78 Å². The smallest absolute Gasteiger partial charge is 0.238 e. The Labute approximate surface area is 244 Å². The number of nitrogens with zero attached hydrogens (tertiary/aromatic N) is 1. The molecule has 2 aromatic rings. The van der Waals surface area contributed by atoms with Crippen molar-refractivity contribution in [2.75, 3.05) is 13.2 Å². The molecule has 0 radical (unpaired) electrons. The van der Waals surface area contributed by atoms with Crippen LogP contribution in [0.1, 0.15) is 65.0 Å². The third-order valence-corrected chi connectivity index (χ3v) is 7.38. The average Bonchev–Trinajstić information content (AvgIpc) is 3.15. The third-order valence-electron chi connectivity index (χ3n) is 6.86. The molecule has 4 atom stereocenters. The van der Waals surface area contributed by atoms with Crippen LogP contribution in [-0.2, 0) is 19.7 Å². The number of amides is 1. The molecule has 0 aromatic heterocycles. The lowest BCUT2D eigenvalue weighted by molar-refractivity contribution is -0.131. The largest absolute Gasteiger partial charge is 0.368 e. The fourth-order valence-corrected chi connectivity index (χ4v) is 5.54. The van der Waals surface area contributed by atoms with Gasteiger partial charge in [0.15, 0.2) is 5.78 Å². The normalized spacial score (nSPS) is 23.1. The Kier molecular flexibility index (Phi) is 9.68. The Balaban J connectivity index is 2.16. The summed E-state index contributed by atoms with van der Waals surface area (Å²) in [6, 6.07) is 8.57. The first-order chi connectivity index (χ1) is 18.5. The van der Waals surface area contributed by atoms with Gasteiger partial charge in [-0.25, -0.2) is 8.78 Å². The zero-order valence-corrected chi connectivity index (χ0v) is 25.0. The van der Waals surface area contributed by atoms with Crippen LogP contribution in [-0.4, -0.2) is 42.5 Å². The van der Waals surface area contributed by atoms with Crippen molar-refractivity contribution in [3.63, 3.8) is 0 Å². The molecule has 0 spiro atoms. The molecule has 0 aliphatic carbocycles. The molecule has 40 heavy (non-hydrogen) atoms. The van der Waals surface area contributed by atoms with Crippen molar-refractivity contribution in [3.8, 4) is 6.07 Å². The number of carbonyl (C=O) groups excluding carboxylic acids is 2. The summed E-state index contributed by atoms with van der Waals surface area (Å²) in [5.74, 6) is -3.78. The number of benzene rings is 2. The van der Waals surface area contributed by atoms with Crippen LogP contribution in [0.3, 0.4) is 0 Å². The molecule has 1 aliphatic rings. The SMILES string of the molecule is CC(C)(C)CC1NC(C(=O)NCC(=O)COC(C)(C)C)C(c2cccc(Cl)c2F)C1(C#N)c1ccc(Cl)cc1F. The summed E-state index contributed by atoms with van der Waals surface area (Å²) in [7, 11) is 0. The number of Topliss-reactive ketones (excluding diaryl/α,β-unsaturated/α-hetero) is 1. The van der Waals surface area contributed by atoms with Crippen LogP contribution >= 0.6 is 23.2 Å². The van der Waals surface area contributed by atoms with Crippen molar-refractivity contribution < 1.29 is 23.1 Å². The molecular formula is C30H35Cl2F2N3O3. The number of ketones is 1. The van der Waals surface area contributed by atoms with E-state index in [-0.39, 0.29) is 45.5 Å². The standard InChI is InChI=1S/C30H35Cl2F2N3O3/c1-28(2,3)13-23-30(16-35,20-11-10-17(31)12-22(20)33)24(19-8-7-9-21(32)25(19)34)26(37-23)27(39)36-14-18(38)15-40-29(4,5)6/h7-12,23-24,26,37H,13-15H2,1-6H3,(H,36,39). The van der Waals surface area contributed by atoms with E-state index < -0.39 is 46.6 Å². The number of rotatable bonds is 8. The van der Waals surface area contributed by atoms with Gasteiger partial charge in [0.2, 0.25) is 5.91 Å². The number of ether oxygens (including phenoxy) is 1. The summed E-state index contributed by atoms with van der Waals surface area (Å²) in [6.07, 6.45) is 0.337. The zero-order chi connectivity index (χ0) is 30.0. The van der Waals surface area contributed by atoms with Crippen LogP contribution in [0.4, 0.5) is 8.78 Å². The molecule has 10 heteroatoms.